The molecule has 4 nitrogen and oxygen atoms in total. The zero-order valence-corrected chi connectivity index (χ0v) is 16.0. The molecule has 1 rings (SSSR count). The Hall–Kier alpha value is -1.84. The van der Waals surface area contributed by atoms with E-state index in [1.807, 2.05) is 18.2 Å². The Kier molecular flexibility index (Phi) is 7.00. The summed E-state index contributed by atoms with van der Waals surface area (Å²) in [5.74, 6) is 0.00210. The van der Waals surface area contributed by atoms with Crippen molar-refractivity contribution in [3.8, 4) is 0 Å². The normalized spacial score (nSPS) is 11.9. The largest absolute Gasteiger partial charge is 0.326 e. The quantitative estimate of drug-likeness (QED) is 0.750. The summed E-state index contributed by atoms with van der Waals surface area (Å²) in [5, 5.41) is 5.79. The lowest BCUT2D eigenvalue weighted by Gasteiger charge is -2.18. The third-order valence-corrected chi connectivity index (χ3v) is 3.63. The average molecular weight is 332 g/mol. The molecular weight excluding hydrogens is 300 g/mol. The van der Waals surface area contributed by atoms with Crippen LogP contribution in [0.2, 0.25) is 0 Å². The van der Waals surface area contributed by atoms with E-state index >= 15 is 0 Å². The summed E-state index contributed by atoms with van der Waals surface area (Å²) in [5.41, 5.74) is 1.70. The van der Waals surface area contributed by atoms with Crippen LogP contribution in [0.5, 0.6) is 0 Å². The van der Waals surface area contributed by atoms with Crippen molar-refractivity contribution in [3.05, 3.63) is 24.3 Å². The number of benzene rings is 1. The highest BCUT2D eigenvalue weighted by Crippen LogP contribution is 2.23. The zero-order valence-electron chi connectivity index (χ0n) is 16.0. The van der Waals surface area contributed by atoms with Crippen molar-refractivity contribution in [2.75, 3.05) is 10.6 Å². The number of amides is 2. The summed E-state index contributed by atoms with van der Waals surface area (Å²) in [7, 11) is 0. The average Bonchev–Trinajstić information content (AvgIpc) is 2.42. The molecule has 2 N–H and O–H groups in total. The van der Waals surface area contributed by atoms with Crippen LogP contribution in [0, 0.1) is 10.8 Å². The monoisotopic (exact) mass is 332 g/mol. The molecule has 0 atom stereocenters. The van der Waals surface area contributed by atoms with Gasteiger partial charge in [0.2, 0.25) is 11.8 Å². The van der Waals surface area contributed by atoms with Crippen LogP contribution in [0.3, 0.4) is 0 Å². The fraction of sp³-hybridized carbons (Fsp3) is 0.600. The van der Waals surface area contributed by atoms with E-state index < -0.39 is 0 Å². The van der Waals surface area contributed by atoms with Gasteiger partial charge >= 0.3 is 0 Å². The molecule has 0 aliphatic rings. The molecule has 0 fully saturated rings. The van der Waals surface area contributed by atoms with E-state index in [0.717, 1.165) is 12.8 Å². The summed E-state index contributed by atoms with van der Waals surface area (Å²) >= 11 is 0. The van der Waals surface area contributed by atoms with Gasteiger partial charge in [0.25, 0.3) is 0 Å². The van der Waals surface area contributed by atoms with Gasteiger partial charge in [-0.05, 0) is 41.9 Å². The maximum atomic E-state index is 12.0. The summed E-state index contributed by atoms with van der Waals surface area (Å²) in [6.07, 6.45) is 2.65. The summed E-state index contributed by atoms with van der Waals surface area (Å²) in [4.78, 5) is 24.0. The van der Waals surface area contributed by atoms with Crippen LogP contribution in [0.15, 0.2) is 24.3 Å². The molecule has 2 amide bonds. The van der Waals surface area contributed by atoms with Gasteiger partial charge in [-0.15, -0.1) is 0 Å². The van der Waals surface area contributed by atoms with Crippen LogP contribution in [0.4, 0.5) is 11.4 Å². The van der Waals surface area contributed by atoms with E-state index in [4.69, 9.17) is 0 Å². The Labute approximate surface area is 146 Å². The zero-order chi connectivity index (χ0) is 18.4. The van der Waals surface area contributed by atoms with Gasteiger partial charge in [0.05, 0.1) is 0 Å². The number of carbonyl (C=O) groups excluding carboxylic acids is 2. The first-order valence-electron chi connectivity index (χ1n) is 8.64. The van der Waals surface area contributed by atoms with Crippen molar-refractivity contribution in [1.29, 1.82) is 0 Å². The second-order valence-electron chi connectivity index (χ2n) is 8.80. The molecule has 1 aromatic rings. The first-order chi connectivity index (χ1) is 10.9. The minimum absolute atomic E-state index is 0.00105. The van der Waals surface area contributed by atoms with Crippen molar-refractivity contribution in [3.63, 3.8) is 0 Å². The molecule has 0 aliphatic carbocycles. The third kappa shape index (κ3) is 9.33. The molecule has 0 saturated heterocycles. The van der Waals surface area contributed by atoms with Gasteiger partial charge in [-0.2, -0.15) is 0 Å². The van der Waals surface area contributed by atoms with E-state index in [2.05, 4.69) is 52.2 Å². The standard InChI is InChI=1S/C20H32N2O2/c1-19(2,3)12-10-17(23)21-15-8-7-9-16(14-15)22-18(24)11-13-20(4,5)6/h7-9,14H,10-13H2,1-6H3,(H,21,23)(H,22,24). The van der Waals surface area contributed by atoms with E-state index in [-0.39, 0.29) is 22.6 Å². The Balaban J connectivity index is 2.54. The number of hydrogen-bond donors (Lipinski definition) is 2. The van der Waals surface area contributed by atoms with Crippen molar-refractivity contribution in [1.82, 2.24) is 0 Å². The third-order valence-electron chi connectivity index (χ3n) is 3.63. The molecular formula is C20H32N2O2. The van der Waals surface area contributed by atoms with Gasteiger partial charge in [-0.25, -0.2) is 0 Å². The Morgan fingerprint density at radius 2 is 1.17 bits per heavy atom. The maximum absolute atomic E-state index is 12.0. The van der Waals surface area contributed by atoms with E-state index in [0.29, 0.717) is 24.2 Å². The number of hydrogen-bond acceptors (Lipinski definition) is 2. The Bertz CT molecular complexity index is 518. The highest BCUT2D eigenvalue weighted by Gasteiger charge is 2.14. The van der Waals surface area contributed by atoms with Crippen LogP contribution in [-0.4, -0.2) is 11.8 Å². The summed E-state index contributed by atoms with van der Waals surface area (Å²) in [6.45, 7) is 12.7. The van der Waals surface area contributed by atoms with Crippen molar-refractivity contribution in [2.24, 2.45) is 10.8 Å². The summed E-state index contributed by atoms with van der Waals surface area (Å²) < 4.78 is 0. The molecule has 24 heavy (non-hydrogen) atoms. The lowest BCUT2D eigenvalue weighted by molar-refractivity contribution is -0.117. The van der Waals surface area contributed by atoms with Gasteiger partial charge < -0.3 is 10.6 Å². The van der Waals surface area contributed by atoms with Crippen LogP contribution in [0.25, 0.3) is 0 Å². The highest BCUT2D eigenvalue weighted by molar-refractivity contribution is 5.94. The van der Waals surface area contributed by atoms with Crippen LogP contribution in [-0.2, 0) is 9.59 Å². The topological polar surface area (TPSA) is 58.2 Å². The first-order valence-corrected chi connectivity index (χ1v) is 8.64. The van der Waals surface area contributed by atoms with Gasteiger partial charge in [0.1, 0.15) is 0 Å². The fourth-order valence-corrected chi connectivity index (χ4v) is 2.10. The second kappa shape index (κ2) is 8.32. The maximum Gasteiger partial charge on any atom is 0.224 e. The molecule has 134 valence electrons. The van der Waals surface area contributed by atoms with Crippen LogP contribution < -0.4 is 10.6 Å². The SMILES string of the molecule is CC(C)(C)CCC(=O)Nc1cccc(NC(=O)CCC(C)(C)C)c1. The molecule has 4 heteroatoms. The lowest BCUT2D eigenvalue weighted by atomic mass is 9.90. The van der Waals surface area contributed by atoms with Crippen molar-refractivity contribution in [2.45, 2.75) is 67.2 Å². The minimum atomic E-state index is 0.00105. The number of carbonyl (C=O) groups is 2. The molecule has 0 aliphatic heterocycles. The number of anilines is 2. The fourth-order valence-electron chi connectivity index (χ4n) is 2.10. The van der Waals surface area contributed by atoms with E-state index in [1.54, 1.807) is 6.07 Å². The highest BCUT2D eigenvalue weighted by atomic mass is 16.2. The first kappa shape index (κ1) is 20.2. The van der Waals surface area contributed by atoms with Crippen molar-refractivity contribution < 1.29 is 9.59 Å². The minimum Gasteiger partial charge on any atom is -0.326 e. The predicted octanol–water partition coefficient (Wildman–Crippen LogP) is 5.22. The molecule has 0 unspecified atom stereocenters. The van der Waals surface area contributed by atoms with Crippen LogP contribution >= 0.6 is 0 Å². The molecule has 0 spiro atoms. The molecule has 0 bridgehead atoms. The van der Waals surface area contributed by atoms with Crippen molar-refractivity contribution >= 4 is 23.2 Å². The smallest absolute Gasteiger partial charge is 0.224 e. The lowest BCUT2D eigenvalue weighted by Crippen LogP contribution is -2.17. The Morgan fingerprint density at radius 3 is 1.50 bits per heavy atom. The van der Waals surface area contributed by atoms with Gasteiger partial charge in [-0.1, -0.05) is 47.6 Å². The number of nitrogens with one attached hydrogen (secondary N) is 2. The van der Waals surface area contributed by atoms with Gasteiger partial charge in [0.15, 0.2) is 0 Å². The summed E-state index contributed by atoms with van der Waals surface area (Å²) in [6, 6.07) is 7.29. The van der Waals surface area contributed by atoms with Gasteiger partial charge in [0, 0.05) is 24.2 Å². The second-order valence-corrected chi connectivity index (χ2v) is 8.80. The van der Waals surface area contributed by atoms with E-state index in [1.165, 1.54) is 0 Å². The molecule has 0 heterocycles. The molecule has 0 aromatic heterocycles. The number of rotatable bonds is 6. The van der Waals surface area contributed by atoms with Crippen LogP contribution in [0.1, 0.15) is 67.2 Å². The van der Waals surface area contributed by atoms with Gasteiger partial charge in [-0.3, -0.25) is 9.59 Å². The molecule has 0 saturated carbocycles. The molecule has 0 radical (unpaired) electrons. The van der Waals surface area contributed by atoms with E-state index in [9.17, 15) is 9.59 Å². The predicted molar refractivity (Wildman–Crippen MR) is 101 cm³/mol. The Morgan fingerprint density at radius 1 is 0.792 bits per heavy atom. The molecule has 1 aromatic carbocycles.